The van der Waals surface area contributed by atoms with E-state index < -0.39 is 0 Å². The van der Waals surface area contributed by atoms with Gasteiger partial charge in [0.15, 0.2) is 5.82 Å². The lowest BCUT2D eigenvalue weighted by atomic mass is 10.1. The maximum absolute atomic E-state index is 12.9. The van der Waals surface area contributed by atoms with Crippen LogP contribution < -0.4 is 9.80 Å². The monoisotopic (exact) mass is 385 g/mol. The van der Waals surface area contributed by atoms with Crippen LogP contribution in [0.3, 0.4) is 0 Å². The van der Waals surface area contributed by atoms with Gasteiger partial charge in [-0.05, 0) is 47.5 Å². The van der Waals surface area contributed by atoms with E-state index in [4.69, 9.17) is 0 Å². The molecule has 6 heteroatoms. The van der Waals surface area contributed by atoms with Crippen LogP contribution in [-0.4, -0.2) is 47.2 Å². The normalized spacial score (nSPS) is 16.1. The molecular weight excluding hydrogens is 362 g/mol. The third kappa shape index (κ3) is 3.53. The fraction of sp³-hybridized carbons (Fsp3) is 0.261. The topological polar surface area (TPSA) is 52.6 Å². The van der Waals surface area contributed by atoms with Gasteiger partial charge in [-0.2, -0.15) is 5.10 Å². The standard InChI is InChI=1S/C23H23N5O/c29-23(27-14-12-26(13-15-27)22-6-3-11-24-25-22)18-7-9-21(10-8-18)28-16-19-4-1-2-5-20(19)17-28/h1-11H,12-17H2. The zero-order valence-corrected chi connectivity index (χ0v) is 16.2. The third-order valence-electron chi connectivity index (χ3n) is 5.77. The predicted octanol–water partition coefficient (Wildman–Crippen LogP) is 2.96. The molecule has 2 aliphatic heterocycles. The molecule has 6 nitrogen and oxygen atoms in total. The quantitative estimate of drug-likeness (QED) is 0.694. The molecule has 146 valence electrons. The van der Waals surface area contributed by atoms with Crippen molar-refractivity contribution in [1.82, 2.24) is 15.1 Å². The average molecular weight is 385 g/mol. The molecule has 2 aromatic carbocycles. The smallest absolute Gasteiger partial charge is 0.253 e. The molecule has 0 unspecified atom stereocenters. The number of hydrogen-bond donors (Lipinski definition) is 0. The predicted molar refractivity (Wildman–Crippen MR) is 113 cm³/mol. The highest BCUT2D eigenvalue weighted by Gasteiger charge is 2.24. The molecule has 0 radical (unpaired) electrons. The Balaban J connectivity index is 1.21. The van der Waals surface area contributed by atoms with Crippen molar-refractivity contribution >= 4 is 17.4 Å². The first-order valence-corrected chi connectivity index (χ1v) is 10.0. The molecule has 2 aliphatic rings. The van der Waals surface area contributed by atoms with Crippen LogP contribution >= 0.6 is 0 Å². The molecule has 5 rings (SSSR count). The summed E-state index contributed by atoms with van der Waals surface area (Å²) in [5.41, 5.74) is 4.67. The molecule has 1 fully saturated rings. The summed E-state index contributed by atoms with van der Waals surface area (Å²) in [6.07, 6.45) is 1.67. The van der Waals surface area contributed by atoms with Crippen LogP contribution in [-0.2, 0) is 13.1 Å². The van der Waals surface area contributed by atoms with Gasteiger partial charge in [-0.3, -0.25) is 4.79 Å². The Morgan fingerprint density at radius 1 is 0.759 bits per heavy atom. The van der Waals surface area contributed by atoms with Crippen LogP contribution in [0.4, 0.5) is 11.5 Å². The number of carbonyl (C=O) groups excluding carboxylic acids is 1. The molecule has 3 heterocycles. The van der Waals surface area contributed by atoms with Crippen LogP contribution in [0.1, 0.15) is 21.5 Å². The minimum atomic E-state index is 0.0973. The molecule has 0 N–H and O–H groups in total. The van der Waals surface area contributed by atoms with Gasteiger partial charge in [-0.15, -0.1) is 5.10 Å². The van der Waals surface area contributed by atoms with Crippen molar-refractivity contribution in [2.45, 2.75) is 13.1 Å². The number of amides is 1. The number of fused-ring (bicyclic) bond motifs is 1. The Labute approximate surface area is 170 Å². The summed E-state index contributed by atoms with van der Waals surface area (Å²) in [5, 5.41) is 8.10. The van der Waals surface area contributed by atoms with Crippen LogP contribution in [0.15, 0.2) is 66.9 Å². The summed E-state index contributed by atoms with van der Waals surface area (Å²) in [5.74, 6) is 0.968. The van der Waals surface area contributed by atoms with Gasteiger partial charge in [-0.25, -0.2) is 0 Å². The molecule has 0 aliphatic carbocycles. The molecular formula is C23H23N5O. The van der Waals surface area contributed by atoms with Crippen LogP contribution in [0.25, 0.3) is 0 Å². The number of nitrogens with zero attached hydrogens (tertiary/aromatic N) is 5. The van der Waals surface area contributed by atoms with Crippen molar-refractivity contribution in [1.29, 1.82) is 0 Å². The van der Waals surface area contributed by atoms with Crippen molar-refractivity contribution in [3.63, 3.8) is 0 Å². The van der Waals surface area contributed by atoms with Gasteiger partial charge in [0.1, 0.15) is 0 Å². The number of hydrogen-bond acceptors (Lipinski definition) is 5. The minimum Gasteiger partial charge on any atom is -0.363 e. The Hall–Kier alpha value is -3.41. The van der Waals surface area contributed by atoms with E-state index in [1.54, 1.807) is 6.20 Å². The molecule has 1 amide bonds. The van der Waals surface area contributed by atoms with Crippen molar-refractivity contribution in [2.75, 3.05) is 36.0 Å². The van der Waals surface area contributed by atoms with E-state index in [1.165, 1.54) is 11.1 Å². The van der Waals surface area contributed by atoms with Crippen molar-refractivity contribution < 1.29 is 4.79 Å². The third-order valence-corrected chi connectivity index (χ3v) is 5.77. The highest BCUT2D eigenvalue weighted by atomic mass is 16.2. The summed E-state index contributed by atoms with van der Waals surface area (Å²) >= 11 is 0. The van der Waals surface area contributed by atoms with Gasteiger partial charge in [0, 0.05) is 56.7 Å². The van der Waals surface area contributed by atoms with E-state index in [9.17, 15) is 4.79 Å². The zero-order valence-electron chi connectivity index (χ0n) is 16.2. The largest absolute Gasteiger partial charge is 0.363 e. The van der Waals surface area contributed by atoms with Crippen LogP contribution in [0, 0.1) is 0 Å². The van der Waals surface area contributed by atoms with Crippen molar-refractivity contribution in [2.24, 2.45) is 0 Å². The summed E-state index contributed by atoms with van der Waals surface area (Å²) in [6.45, 7) is 4.78. The van der Waals surface area contributed by atoms with E-state index in [1.807, 2.05) is 29.2 Å². The highest BCUT2D eigenvalue weighted by molar-refractivity contribution is 5.94. The number of aromatic nitrogens is 2. The Kier molecular flexibility index (Phi) is 4.60. The van der Waals surface area contributed by atoms with Gasteiger partial charge in [0.2, 0.25) is 0 Å². The highest BCUT2D eigenvalue weighted by Crippen LogP contribution is 2.28. The second-order valence-electron chi connectivity index (χ2n) is 7.53. The number of carbonyl (C=O) groups is 1. The van der Waals surface area contributed by atoms with Crippen molar-refractivity contribution in [3.05, 3.63) is 83.6 Å². The second kappa shape index (κ2) is 7.54. The molecule has 0 spiro atoms. The Morgan fingerprint density at radius 2 is 1.45 bits per heavy atom. The number of benzene rings is 2. The maximum Gasteiger partial charge on any atom is 0.253 e. The lowest BCUT2D eigenvalue weighted by Gasteiger charge is -2.35. The number of piperazine rings is 1. The lowest BCUT2D eigenvalue weighted by molar-refractivity contribution is 0.0746. The molecule has 0 bridgehead atoms. The molecule has 3 aromatic rings. The molecule has 1 aromatic heterocycles. The SMILES string of the molecule is O=C(c1ccc(N2Cc3ccccc3C2)cc1)N1CCN(c2cccnn2)CC1. The van der Waals surface area contributed by atoms with Crippen molar-refractivity contribution in [3.8, 4) is 0 Å². The lowest BCUT2D eigenvalue weighted by Crippen LogP contribution is -2.49. The van der Waals surface area contributed by atoms with Crippen LogP contribution in [0.5, 0.6) is 0 Å². The first-order valence-electron chi connectivity index (χ1n) is 10.0. The van der Waals surface area contributed by atoms with E-state index in [2.05, 4.69) is 56.4 Å². The maximum atomic E-state index is 12.9. The summed E-state index contributed by atoms with van der Waals surface area (Å²) < 4.78 is 0. The Bertz CT molecular complexity index is 972. The molecule has 1 saturated heterocycles. The van der Waals surface area contributed by atoms with Gasteiger partial charge in [-0.1, -0.05) is 24.3 Å². The Morgan fingerprint density at radius 3 is 2.07 bits per heavy atom. The fourth-order valence-corrected chi connectivity index (χ4v) is 4.11. The van der Waals surface area contributed by atoms with E-state index >= 15 is 0 Å². The van der Waals surface area contributed by atoms with Gasteiger partial charge < -0.3 is 14.7 Å². The minimum absolute atomic E-state index is 0.0973. The molecule has 29 heavy (non-hydrogen) atoms. The summed E-state index contributed by atoms with van der Waals surface area (Å²) in [7, 11) is 0. The molecule has 0 saturated carbocycles. The number of anilines is 2. The summed E-state index contributed by atoms with van der Waals surface area (Å²) in [6, 6.07) is 20.4. The van der Waals surface area contributed by atoms with E-state index in [-0.39, 0.29) is 5.91 Å². The average Bonchev–Trinajstić information content (AvgIpc) is 3.24. The fourth-order valence-electron chi connectivity index (χ4n) is 4.11. The van der Waals surface area contributed by atoms with Gasteiger partial charge in [0.25, 0.3) is 5.91 Å². The second-order valence-corrected chi connectivity index (χ2v) is 7.53. The van der Waals surface area contributed by atoms with Gasteiger partial charge in [0.05, 0.1) is 0 Å². The summed E-state index contributed by atoms with van der Waals surface area (Å²) in [4.78, 5) is 19.4. The van der Waals surface area contributed by atoms with Crippen LogP contribution in [0.2, 0.25) is 0 Å². The zero-order chi connectivity index (χ0) is 19.6. The first-order chi connectivity index (χ1) is 14.3. The van der Waals surface area contributed by atoms with Gasteiger partial charge >= 0.3 is 0 Å². The first kappa shape index (κ1) is 17.7. The van der Waals surface area contributed by atoms with E-state index in [0.29, 0.717) is 13.1 Å². The van der Waals surface area contributed by atoms with E-state index in [0.717, 1.165) is 43.2 Å². The number of rotatable bonds is 3. The molecule has 0 atom stereocenters.